The van der Waals surface area contributed by atoms with E-state index in [4.69, 9.17) is 15.0 Å². The van der Waals surface area contributed by atoms with Crippen LogP contribution in [0.15, 0.2) is 0 Å². The van der Waals surface area contributed by atoms with Crippen molar-refractivity contribution < 1.29 is 28.8 Å². The van der Waals surface area contributed by atoms with Gasteiger partial charge in [0.2, 0.25) is 0 Å². The van der Waals surface area contributed by atoms with Crippen molar-refractivity contribution in [2.45, 2.75) is 31.6 Å². The maximum atomic E-state index is 11.5. The maximum Gasteiger partial charge on any atom is 0.598 e. The summed E-state index contributed by atoms with van der Waals surface area (Å²) in [7, 11) is -0.923. The average molecular weight is 341 g/mol. The Labute approximate surface area is 141 Å². The molecule has 0 aliphatic carbocycles. The fourth-order valence-corrected chi connectivity index (χ4v) is 3.19. The summed E-state index contributed by atoms with van der Waals surface area (Å²) in [6.45, 7) is 3.57. The Kier molecular flexibility index (Phi) is 6.19. The van der Waals surface area contributed by atoms with Crippen molar-refractivity contribution in [3.8, 4) is 0 Å². The molecule has 0 aromatic carbocycles. The highest BCUT2D eigenvalue weighted by molar-refractivity contribution is 6.49. The predicted molar refractivity (Wildman–Crippen MR) is 85.0 cm³/mol. The molecule has 0 bridgehead atoms. The lowest BCUT2D eigenvalue weighted by Crippen LogP contribution is -2.54. The number of nitrogens with one attached hydrogen (secondary N) is 1. The molecule has 24 heavy (non-hydrogen) atoms. The highest BCUT2D eigenvalue weighted by Gasteiger charge is 2.48. The van der Waals surface area contributed by atoms with Gasteiger partial charge in [-0.2, -0.15) is 0 Å². The van der Waals surface area contributed by atoms with Crippen LogP contribution in [0.4, 0.5) is 0 Å². The van der Waals surface area contributed by atoms with Gasteiger partial charge in [0.15, 0.2) is 0 Å². The first-order chi connectivity index (χ1) is 11.3. The summed E-state index contributed by atoms with van der Waals surface area (Å²) in [4.78, 5) is 36.5. The molecule has 0 amide bonds. The third-order valence-electron chi connectivity index (χ3n) is 4.59. The Morgan fingerprint density at radius 1 is 1.42 bits per heavy atom. The second-order valence-electron chi connectivity index (χ2n) is 6.31. The zero-order chi connectivity index (χ0) is 17.7. The SMILES string of the molecule is CCN1CC(CCCB2OC(=O)CNCC(=O)O2)C(N)(C(=O)O)C1. The van der Waals surface area contributed by atoms with Crippen LogP contribution in [-0.4, -0.2) is 73.3 Å². The first-order valence-electron chi connectivity index (χ1n) is 8.19. The van der Waals surface area contributed by atoms with E-state index in [0.29, 0.717) is 32.3 Å². The fraction of sp³-hybridized carbons (Fsp3) is 0.786. The Morgan fingerprint density at radius 2 is 2.04 bits per heavy atom. The van der Waals surface area contributed by atoms with Gasteiger partial charge in [-0.05, 0) is 13.0 Å². The molecule has 2 aliphatic rings. The second-order valence-corrected chi connectivity index (χ2v) is 6.31. The number of likely N-dealkylation sites (tertiary alicyclic amines) is 1. The number of nitrogens with zero attached hydrogens (tertiary/aromatic N) is 1. The number of carboxylic acids is 1. The largest absolute Gasteiger partial charge is 0.598 e. The van der Waals surface area contributed by atoms with Crippen molar-refractivity contribution in [2.24, 2.45) is 11.7 Å². The monoisotopic (exact) mass is 341 g/mol. The third-order valence-corrected chi connectivity index (χ3v) is 4.59. The van der Waals surface area contributed by atoms with E-state index in [0.717, 1.165) is 6.54 Å². The molecule has 9 nitrogen and oxygen atoms in total. The molecule has 2 aliphatic heterocycles. The molecule has 0 aromatic rings. The van der Waals surface area contributed by atoms with Crippen LogP contribution < -0.4 is 11.1 Å². The minimum absolute atomic E-state index is 0.0371. The number of carbonyl (C=O) groups is 3. The van der Waals surface area contributed by atoms with E-state index in [1.165, 1.54) is 0 Å². The Hall–Kier alpha value is -1.65. The zero-order valence-electron chi connectivity index (χ0n) is 13.8. The molecule has 0 aromatic heterocycles. The van der Waals surface area contributed by atoms with E-state index in [-0.39, 0.29) is 19.0 Å². The maximum absolute atomic E-state index is 11.5. The summed E-state index contributed by atoms with van der Waals surface area (Å²) in [5, 5.41) is 12.1. The first kappa shape index (κ1) is 18.7. The minimum Gasteiger partial charge on any atom is -0.498 e. The number of rotatable bonds is 6. The van der Waals surface area contributed by atoms with E-state index < -0.39 is 30.6 Å². The van der Waals surface area contributed by atoms with Gasteiger partial charge in [0.1, 0.15) is 5.54 Å². The highest BCUT2D eigenvalue weighted by atomic mass is 16.6. The molecule has 0 radical (unpaired) electrons. The number of likely N-dealkylation sites (N-methyl/N-ethyl adjacent to an activating group) is 1. The van der Waals surface area contributed by atoms with Crippen LogP contribution in [-0.2, 0) is 23.7 Å². The molecule has 0 spiro atoms. The standard InChI is InChI=1S/C14H24BN3O6/c1-2-18-8-10(14(16,9-18)13(21)22)4-3-5-15-23-11(19)6-17-7-12(20)24-15/h10,17H,2-9,16H2,1H3,(H,21,22). The van der Waals surface area contributed by atoms with E-state index in [1.54, 1.807) is 0 Å². The van der Waals surface area contributed by atoms with Gasteiger partial charge in [-0.3, -0.25) is 19.7 Å². The van der Waals surface area contributed by atoms with Gasteiger partial charge in [-0.25, -0.2) is 0 Å². The Balaban J connectivity index is 1.88. The van der Waals surface area contributed by atoms with Gasteiger partial charge in [0, 0.05) is 25.3 Å². The van der Waals surface area contributed by atoms with Crippen LogP contribution in [0.2, 0.25) is 6.32 Å². The van der Waals surface area contributed by atoms with Crippen LogP contribution in [0.1, 0.15) is 19.8 Å². The van der Waals surface area contributed by atoms with E-state index >= 15 is 0 Å². The topological polar surface area (TPSA) is 131 Å². The predicted octanol–water partition coefficient (Wildman–Crippen LogP) is -1.32. The summed E-state index contributed by atoms with van der Waals surface area (Å²) >= 11 is 0. The van der Waals surface area contributed by atoms with Crippen molar-refractivity contribution in [1.82, 2.24) is 10.2 Å². The lowest BCUT2D eigenvalue weighted by atomic mass is 9.77. The van der Waals surface area contributed by atoms with Gasteiger partial charge in [0.25, 0.3) is 0 Å². The molecule has 2 atom stereocenters. The molecule has 134 valence electrons. The Morgan fingerprint density at radius 3 is 2.58 bits per heavy atom. The number of hydrogen-bond donors (Lipinski definition) is 3. The fourth-order valence-electron chi connectivity index (χ4n) is 3.19. The number of nitrogens with two attached hydrogens (primary N) is 1. The molecule has 0 saturated carbocycles. The van der Waals surface area contributed by atoms with E-state index in [1.807, 2.05) is 11.8 Å². The smallest absolute Gasteiger partial charge is 0.498 e. The molecule has 2 fully saturated rings. The van der Waals surface area contributed by atoms with Crippen molar-refractivity contribution in [1.29, 1.82) is 0 Å². The van der Waals surface area contributed by atoms with Crippen molar-refractivity contribution in [3.05, 3.63) is 0 Å². The number of carboxylic acid groups (broad SMARTS) is 1. The van der Waals surface area contributed by atoms with Crippen molar-refractivity contribution in [2.75, 3.05) is 32.7 Å². The Bertz CT molecular complexity index is 487. The van der Waals surface area contributed by atoms with Crippen LogP contribution in [0, 0.1) is 5.92 Å². The molecule has 2 heterocycles. The van der Waals surface area contributed by atoms with Crippen LogP contribution in [0.25, 0.3) is 0 Å². The lowest BCUT2D eigenvalue weighted by molar-refractivity contribution is -0.144. The number of aliphatic carboxylic acids is 1. The summed E-state index contributed by atoms with van der Waals surface area (Å²) in [6.07, 6.45) is 1.44. The first-order valence-corrected chi connectivity index (χ1v) is 8.19. The van der Waals surface area contributed by atoms with Gasteiger partial charge in [-0.15, -0.1) is 0 Å². The van der Waals surface area contributed by atoms with Gasteiger partial charge in [0.05, 0.1) is 13.1 Å². The lowest BCUT2D eigenvalue weighted by Gasteiger charge is -2.26. The van der Waals surface area contributed by atoms with Gasteiger partial charge < -0.3 is 25.0 Å². The second kappa shape index (κ2) is 7.95. The van der Waals surface area contributed by atoms with Crippen molar-refractivity contribution >= 4 is 25.0 Å². The third kappa shape index (κ3) is 4.46. The molecular weight excluding hydrogens is 317 g/mol. The summed E-state index contributed by atoms with van der Waals surface area (Å²) in [5.74, 6) is -2.16. The summed E-state index contributed by atoms with van der Waals surface area (Å²) in [5.41, 5.74) is 4.83. The summed E-state index contributed by atoms with van der Waals surface area (Å²) in [6, 6.07) is 0. The molecule has 2 rings (SSSR count). The van der Waals surface area contributed by atoms with Crippen LogP contribution in [0.5, 0.6) is 0 Å². The number of carbonyl (C=O) groups excluding carboxylic acids is 2. The molecule has 2 saturated heterocycles. The minimum atomic E-state index is -1.27. The molecule has 2 unspecified atom stereocenters. The quantitative estimate of drug-likeness (QED) is 0.503. The highest BCUT2D eigenvalue weighted by Crippen LogP contribution is 2.30. The average Bonchev–Trinajstić information content (AvgIpc) is 2.83. The van der Waals surface area contributed by atoms with Crippen molar-refractivity contribution in [3.63, 3.8) is 0 Å². The van der Waals surface area contributed by atoms with Gasteiger partial charge in [-0.1, -0.05) is 13.3 Å². The van der Waals surface area contributed by atoms with Crippen LogP contribution >= 0.6 is 0 Å². The van der Waals surface area contributed by atoms with E-state index in [9.17, 15) is 19.5 Å². The van der Waals surface area contributed by atoms with Gasteiger partial charge >= 0.3 is 25.0 Å². The van der Waals surface area contributed by atoms with E-state index in [2.05, 4.69) is 5.32 Å². The molecular formula is C14H24BN3O6. The number of hydrogen-bond acceptors (Lipinski definition) is 8. The summed E-state index contributed by atoms with van der Waals surface area (Å²) < 4.78 is 10.1. The zero-order valence-corrected chi connectivity index (χ0v) is 13.8. The molecule has 10 heteroatoms. The van der Waals surface area contributed by atoms with Crippen LogP contribution in [0.3, 0.4) is 0 Å². The molecule has 4 N–H and O–H groups in total. The normalized spacial score (nSPS) is 28.9.